The first-order valence-corrected chi connectivity index (χ1v) is 10.7. The second kappa shape index (κ2) is 7.32. The van der Waals surface area contributed by atoms with Crippen molar-refractivity contribution in [2.45, 2.75) is 58.2 Å². The van der Waals surface area contributed by atoms with E-state index in [1.807, 2.05) is 0 Å². The Morgan fingerprint density at radius 2 is 1.82 bits per heavy atom. The average molecular weight is 380 g/mol. The molecule has 0 unspecified atom stereocenters. The van der Waals surface area contributed by atoms with Crippen molar-refractivity contribution in [3.05, 3.63) is 47.0 Å². The summed E-state index contributed by atoms with van der Waals surface area (Å²) in [4.78, 5) is 15.1. The van der Waals surface area contributed by atoms with E-state index < -0.39 is 0 Å². The van der Waals surface area contributed by atoms with Gasteiger partial charge in [0.25, 0.3) is 5.91 Å². The summed E-state index contributed by atoms with van der Waals surface area (Å²) in [6.45, 7) is 6.26. The van der Waals surface area contributed by atoms with Gasteiger partial charge in [-0.25, -0.2) is 0 Å². The van der Waals surface area contributed by atoms with Crippen LogP contribution < -0.4 is 5.32 Å². The molecule has 28 heavy (non-hydrogen) atoms. The first kappa shape index (κ1) is 17.9. The van der Waals surface area contributed by atoms with Crippen molar-refractivity contribution in [3.8, 4) is 0 Å². The van der Waals surface area contributed by atoms with Crippen LogP contribution in [0.25, 0.3) is 0 Å². The Bertz CT molecular complexity index is 854. The molecule has 2 fully saturated rings. The van der Waals surface area contributed by atoms with Crippen molar-refractivity contribution >= 4 is 5.91 Å². The number of nitrogens with zero attached hydrogens (tertiary/aromatic N) is 4. The summed E-state index contributed by atoms with van der Waals surface area (Å²) in [5.74, 6) is 2.64. The summed E-state index contributed by atoms with van der Waals surface area (Å²) in [6.07, 6.45) is 5.41. The van der Waals surface area contributed by atoms with Gasteiger partial charge in [-0.2, -0.15) is 0 Å². The van der Waals surface area contributed by atoms with Gasteiger partial charge in [0.05, 0.1) is 0 Å². The molecule has 6 nitrogen and oxygen atoms in total. The van der Waals surface area contributed by atoms with Gasteiger partial charge in [0.2, 0.25) is 5.82 Å². The summed E-state index contributed by atoms with van der Waals surface area (Å²) in [5, 5.41) is 11.7. The number of aryl methyl sites for hydroxylation is 1. The van der Waals surface area contributed by atoms with Crippen LogP contribution in [0.2, 0.25) is 0 Å². The molecule has 148 valence electrons. The zero-order valence-corrected chi connectivity index (χ0v) is 16.6. The average Bonchev–Trinajstić information content (AvgIpc) is 3.25. The van der Waals surface area contributed by atoms with Gasteiger partial charge in [-0.15, -0.1) is 10.2 Å². The molecule has 2 atom stereocenters. The molecule has 0 bridgehead atoms. The van der Waals surface area contributed by atoms with E-state index in [1.165, 1.54) is 17.5 Å². The molecule has 5 rings (SSSR count). The molecule has 0 radical (unpaired) electrons. The molecular formula is C22H29N5O. The fourth-order valence-corrected chi connectivity index (χ4v) is 4.86. The van der Waals surface area contributed by atoms with E-state index in [0.29, 0.717) is 23.7 Å². The van der Waals surface area contributed by atoms with Crippen LogP contribution >= 0.6 is 0 Å². The van der Waals surface area contributed by atoms with Crippen LogP contribution in [0.15, 0.2) is 24.3 Å². The lowest BCUT2D eigenvalue weighted by atomic mass is 9.89. The van der Waals surface area contributed by atoms with Crippen molar-refractivity contribution in [2.75, 3.05) is 13.1 Å². The minimum absolute atomic E-state index is 0.0484. The standard InChI is InChI=1S/C22H29N5O/c1-2-15-6-8-16(9-7-15)11-26-12-17-10-20-24-25-21(27(20)14-18(17)13-26)22(28)23-19-4-3-5-19/h6-9,17-19H,2-5,10-14H2,1H3,(H,23,28)/t17-,18+/m1/s1. The first-order chi connectivity index (χ1) is 13.7. The maximum absolute atomic E-state index is 12.6. The number of likely N-dealkylation sites (tertiary alicyclic amines) is 1. The highest BCUT2D eigenvalue weighted by atomic mass is 16.2. The third kappa shape index (κ3) is 3.34. The highest BCUT2D eigenvalue weighted by molar-refractivity contribution is 5.91. The number of hydrogen-bond acceptors (Lipinski definition) is 4. The van der Waals surface area contributed by atoms with Gasteiger partial charge in [0.15, 0.2) is 0 Å². The Morgan fingerprint density at radius 1 is 1.07 bits per heavy atom. The van der Waals surface area contributed by atoms with Crippen LogP contribution in [0.5, 0.6) is 0 Å². The number of rotatable bonds is 5. The molecule has 1 aliphatic carbocycles. The van der Waals surface area contributed by atoms with Gasteiger partial charge in [0.1, 0.15) is 5.82 Å². The number of benzene rings is 1. The van der Waals surface area contributed by atoms with Crippen molar-refractivity contribution in [1.82, 2.24) is 25.0 Å². The largest absolute Gasteiger partial charge is 0.347 e. The van der Waals surface area contributed by atoms with Crippen LogP contribution in [0, 0.1) is 11.8 Å². The number of nitrogens with one attached hydrogen (secondary N) is 1. The number of amides is 1. The number of aromatic nitrogens is 3. The fraction of sp³-hybridized carbons (Fsp3) is 0.591. The molecule has 2 aliphatic heterocycles. The Hall–Kier alpha value is -2.21. The number of fused-ring (bicyclic) bond motifs is 2. The Kier molecular flexibility index (Phi) is 4.67. The van der Waals surface area contributed by atoms with Crippen molar-refractivity contribution in [2.24, 2.45) is 11.8 Å². The molecule has 1 saturated carbocycles. The molecule has 1 aromatic carbocycles. The Morgan fingerprint density at radius 3 is 2.54 bits per heavy atom. The predicted molar refractivity (Wildman–Crippen MR) is 107 cm³/mol. The highest BCUT2D eigenvalue weighted by Gasteiger charge is 2.39. The third-order valence-electron chi connectivity index (χ3n) is 6.82. The maximum Gasteiger partial charge on any atom is 0.289 e. The van der Waals surface area contributed by atoms with Gasteiger partial charge < -0.3 is 9.88 Å². The predicted octanol–water partition coefficient (Wildman–Crippen LogP) is 2.43. The third-order valence-corrected chi connectivity index (χ3v) is 6.82. The van der Waals surface area contributed by atoms with Crippen LogP contribution in [-0.4, -0.2) is 44.7 Å². The maximum atomic E-state index is 12.6. The number of hydrogen-bond donors (Lipinski definition) is 1. The Labute approximate surface area is 166 Å². The van der Waals surface area contributed by atoms with Gasteiger partial charge in [-0.1, -0.05) is 31.2 Å². The molecule has 6 heteroatoms. The molecular weight excluding hydrogens is 350 g/mol. The van der Waals surface area contributed by atoms with E-state index in [9.17, 15) is 4.79 Å². The molecule has 1 N–H and O–H groups in total. The zero-order valence-electron chi connectivity index (χ0n) is 16.6. The smallest absolute Gasteiger partial charge is 0.289 e. The lowest BCUT2D eigenvalue weighted by molar-refractivity contribution is 0.0898. The number of carbonyl (C=O) groups excluding carboxylic acids is 1. The Balaban J connectivity index is 1.24. The number of carbonyl (C=O) groups is 1. The van der Waals surface area contributed by atoms with Gasteiger partial charge >= 0.3 is 0 Å². The normalized spacial score (nSPS) is 24.5. The monoisotopic (exact) mass is 379 g/mol. The topological polar surface area (TPSA) is 63.1 Å². The first-order valence-electron chi connectivity index (χ1n) is 10.7. The second-order valence-corrected chi connectivity index (χ2v) is 8.74. The summed E-state index contributed by atoms with van der Waals surface area (Å²) in [7, 11) is 0. The van der Waals surface area contributed by atoms with Crippen LogP contribution in [0.3, 0.4) is 0 Å². The van der Waals surface area contributed by atoms with Crippen molar-refractivity contribution < 1.29 is 4.79 Å². The SMILES string of the molecule is CCc1ccc(CN2C[C@H]3Cc4nnc(C(=O)NC5CCC5)n4C[C@@H]3C2)cc1. The lowest BCUT2D eigenvalue weighted by Crippen LogP contribution is -2.41. The summed E-state index contributed by atoms with van der Waals surface area (Å²) < 4.78 is 2.08. The summed E-state index contributed by atoms with van der Waals surface area (Å²) >= 11 is 0. The lowest BCUT2D eigenvalue weighted by Gasteiger charge is -2.28. The van der Waals surface area contributed by atoms with Gasteiger partial charge in [-0.3, -0.25) is 9.69 Å². The highest BCUT2D eigenvalue weighted by Crippen LogP contribution is 2.33. The fourth-order valence-electron chi connectivity index (χ4n) is 4.86. The molecule has 2 aromatic rings. The van der Waals surface area contributed by atoms with Gasteiger partial charge in [-0.05, 0) is 48.6 Å². The minimum atomic E-state index is -0.0484. The van der Waals surface area contributed by atoms with E-state index in [4.69, 9.17) is 0 Å². The zero-order chi connectivity index (χ0) is 19.1. The summed E-state index contributed by atoms with van der Waals surface area (Å²) in [6, 6.07) is 9.34. The summed E-state index contributed by atoms with van der Waals surface area (Å²) in [5.41, 5.74) is 2.78. The molecule has 1 aromatic heterocycles. The quantitative estimate of drug-likeness (QED) is 0.867. The molecule has 1 amide bonds. The van der Waals surface area contributed by atoms with E-state index in [1.54, 1.807) is 0 Å². The molecule has 0 spiro atoms. The van der Waals surface area contributed by atoms with Crippen LogP contribution in [0.4, 0.5) is 0 Å². The van der Waals surface area contributed by atoms with E-state index in [0.717, 1.165) is 57.7 Å². The van der Waals surface area contributed by atoms with Gasteiger partial charge in [0, 0.05) is 38.6 Å². The van der Waals surface area contributed by atoms with Crippen molar-refractivity contribution in [1.29, 1.82) is 0 Å². The molecule has 1 saturated heterocycles. The second-order valence-electron chi connectivity index (χ2n) is 8.74. The van der Waals surface area contributed by atoms with Crippen LogP contribution in [-0.2, 0) is 25.9 Å². The molecule has 3 aliphatic rings. The van der Waals surface area contributed by atoms with Crippen molar-refractivity contribution in [3.63, 3.8) is 0 Å². The van der Waals surface area contributed by atoms with E-state index in [2.05, 4.69) is 56.2 Å². The van der Waals surface area contributed by atoms with E-state index >= 15 is 0 Å². The van der Waals surface area contributed by atoms with E-state index in [-0.39, 0.29) is 5.91 Å². The minimum Gasteiger partial charge on any atom is -0.347 e. The van der Waals surface area contributed by atoms with Crippen LogP contribution in [0.1, 0.15) is 53.8 Å². The molecule has 3 heterocycles.